The van der Waals surface area contributed by atoms with E-state index in [2.05, 4.69) is 15.0 Å². The zero-order valence-corrected chi connectivity index (χ0v) is 12.2. The van der Waals surface area contributed by atoms with E-state index in [-0.39, 0.29) is 43.2 Å². The van der Waals surface area contributed by atoms with E-state index >= 15 is 0 Å². The van der Waals surface area contributed by atoms with Crippen LogP contribution in [0.1, 0.15) is 6.92 Å². The van der Waals surface area contributed by atoms with Gasteiger partial charge in [-0.05, 0) is 6.92 Å². The van der Waals surface area contributed by atoms with E-state index in [1.54, 1.807) is 6.92 Å². The number of fused-ring (bicyclic) bond motifs is 1. The molecule has 1 unspecified atom stereocenters. The van der Waals surface area contributed by atoms with Gasteiger partial charge in [0.2, 0.25) is 5.95 Å². The summed E-state index contributed by atoms with van der Waals surface area (Å²) in [4.78, 5) is 31.2. The van der Waals surface area contributed by atoms with Gasteiger partial charge in [-0.1, -0.05) is 0 Å². The third-order valence-electron chi connectivity index (χ3n) is 2.57. The summed E-state index contributed by atoms with van der Waals surface area (Å²) in [5.41, 5.74) is 5.46. The third kappa shape index (κ3) is 3.88. The van der Waals surface area contributed by atoms with E-state index in [1.807, 2.05) is 0 Å². The molecule has 0 aliphatic carbocycles. The molecule has 0 bridgehead atoms. The van der Waals surface area contributed by atoms with Gasteiger partial charge in [0.15, 0.2) is 11.2 Å². The van der Waals surface area contributed by atoms with E-state index in [4.69, 9.17) is 15.0 Å². The number of hydrogen-bond donors (Lipinski definition) is 3. The SMILES string of the molecule is CCOP(=O)(O)CCOCn1cnc2c(=O)[nH]c(N)nc21. The van der Waals surface area contributed by atoms with Crippen LogP contribution in [-0.4, -0.2) is 43.8 Å². The summed E-state index contributed by atoms with van der Waals surface area (Å²) in [5.74, 6) is -0.0227. The van der Waals surface area contributed by atoms with Crippen LogP contribution in [0.2, 0.25) is 0 Å². The largest absolute Gasteiger partial charge is 0.369 e. The first kappa shape index (κ1) is 15.6. The van der Waals surface area contributed by atoms with Gasteiger partial charge in [0.1, 0.15) is 6.73 Å². The van der Waals surface area contributed by atoms with Crippen LogP contribution < -0.4 is 11.3 Å². The molecule has 0 radical (unpaired) electrons. The zero-order valence-electron chi connectivity index (χ0n) is 11.4. The summed E-state index contributed by atoms with van der Waals surface area (Å²) in [6.45, 7) is 1.84. The van der Waals surface area contributed by atoms with Crippen molar-refractivity contribution in [1.29, 1.82) is 0 Å². The maximum atomic E-state index is 11.6. The van der Waals surface area contributed by atoms with Crippen molar-refractivity contribution >= 4 is 24.7 Å². The Morgan fingerprint density at radius 2 is 2.33 bits per heavy atom. The minimum absolute atomic E-state index is 0.0200. The molecular formula is C10H16N5O5P. The summed E-state index contributed by atoms with van der Waals surface area (Å²) in [7, 11) is -3.60. The summed E-state index contributed by atoms with van der Waals surface area (Å²) < 4.78 is 22.9. The monoisotopic (exact) mass is 317 g/mol. The zero-order chi connectivity index (χ0) is 15.5. The number of hydrogen-bond acceptors (Lipinski definition) is 7. The Kier molecular flexibility index (Phi) is 4.73. The molecule has 4 N–H and O–H groups in total. The highest BCUT2D eigenvalue weighted by Crippen LogP contribution is 2.40. The molecule has 2 aromatic rings. The van der Waals surface area contributed by atoms with Crippen LogP contribution in [-0.2, 0) is 20.6 Å². The Hall–Kier alpha value is -1.74. The van der Waals surface area contributed by atoms with E-state index in [0.717, 1.165) is 0 Å². The van der Waals surface area contributed by atoms with Gasteiger partial charge in [-0.2, -0.15) is 4.98 Å². The minimum Gasteiger partial charge on any atom is -0.369 e. The van der Waals surface area contributed by atoms with E-state index in [0.29, 0.717) is 0 Å². The first-order valence-electron chi connectivity index (χ1n) is 6.17. The van der Waals surface area contributed by atoms with Crippen LogP contribution in [0.3, 0.4) is 0 Å². The number of ether oxygens (including phenoxy) is 1. The number of nitrogens with one attached hydrogen (secondary N) is 1. The number of H-pyrrole nitrogens is 1. The lowest BCUT2D eigenvalue weighted by Gasteiger charge is -2.11. The number of imidazole rings is 1. The maximum absolute atomic E-state index is 11.6. The fourth-order valence-electron chi connectivity index (χ4n) is 1.67. The molecule has 0 spiro atoms. The highest BCUT2D eigenvalue weighted by Gasteiger charge is 2.18. The average Bonchev–Trinajstić information content (AvgIpc) is 2.78. The number of aromatic amines is 1. The van der Waals surface area contributed by atoms with Crippen LogP contribution in [0.15, 0.2) is 11.1 Å². The Morgan fingerprint density at radius 1 is 1.57 bits per heavy atom. The molecule has 2 aromatic heterocycles. The van der Waals surface area contributed by atoms with Crippen LogP contribution >= 0.6 is 7.60 Å². The third-order valence-corrected chi connectivity index (χ3v) is 3.98. The molecule has 0 fully saturated rings. The molecular weight excluding hydrogens is 301 g/mol. The highest BCUT2D eigenvalue weighted by molar-refractivity contribution is 7.52. The second-order valence-corrected chi connectivity index (χ2v) is 6.13. The number of nitrogen functional groups attached to an aromatic ring is 1. The van der Waals surface area contributed by atoms with Crippen molar-refractivity contribution in [2.75, 3.05) is 25.1 Å². The second-order valence-electron chi connectivity index (χ2n) is 4.15. The summed E-state index contributed by atoms with van der Waals surface area (Å²) in [5, 5.41) is 0. The molecule has 0 saturated heterocycles. The predicted octanol–water partition coefficient (Wildman–Crippen LogP) is -0.102. The number of nitrogens with two attached hydrogens (primary N) is 1. The number of nitrogens with zero attached hydrogens (tertiary/aromatic N) is 3. The minimum atomic E-state index is -3.60. The molecule has 1 atom stereocenters. The summed E-state index contributed by atoms with van der Waals surface area (Å²) in [6.07, 6.45) is 1.26. The van der Waals surface area contributed by atoms with Crippen LogP contribution in [0, 0.1) is 0 Å². The smallest absolute Gasteiger partial charge is 0.330 e. The molecule has 0 aliphatic rings. The Morgan fingerprint density at radius 3 is 3.05 bits per heavy atom. The van der Waals surface area contributed by atoms with Crippen molar-refractivity contribution in [1.82, 2.24) is 19.5 Å². The Bertz CT molecular complexity index is 726. The fourth-order valence-corrected chi connectivity index (χ4v) is 2.57. The Balaban J connectivity index is 1.99. The molecule has 0 saturated carbocycles. The molecule has 0 aliphatic heterocycles. The van der Waals surface area contributed by atoms with E-state index in [1.165, 1.54) is 10.9 Å². The van der Waals surface area contributed by atoms with Crippen molar-refractivity contribution in [2.24, 2.45) is 0 Å². The van der Waals surface area contributed by atoms with Gasteiger partial charge < -0.3 is 19.9 Å². The van der Waals surface area contributed by atoms with Gasteiger partial charge in [0, 0.05) is 0 Å². The van der Waals surface area contributed by atoms with Crippen LogP contribution in [0.25, 0.3) is 11.2 Å². The van der Waals surface area contributed by atoms with Crippen molar-refractivity contribution in [3.05, 3.63) is 16.7 Å². The fraction of sp³-hybridized carbons (Fsp3) is 0.500. The molecule has 2 heterocycles. The molecule has 2 rings (SSSR count). The standard InChI is InChI=1S/C10H16N5O5P/c1-2-20-21(17,18)4-3-19-6-15-5-12-7-8(15)13-10(11)14-9(7)16/h5H,2-4,6H2,1H3,(H,17,18)(H3,11,13,14,16). The lowest BCUT2D eigenvalue weighted by molar-refractivity contribution is 0.0880. The molecule has 116 valence electrons. The van der Waals surface area contributed by atoms with Gasteiger partial charge in [-0.3, -0.25) is 18.9 Å². The quantitative estimate of drug-likeness (QED) is 0.474. The number of aromatic nitrogens is 4. The van der Waals surface area contributed by atoms with Gasteiger partial charge in [0.05, 0.1) is 25.7 Å². The van der Waals surface area contributed by atoms with Gasteiger partial charge in [-0.15, -0.1) is 0 Å². The van der Waals surface area contributed by atoms with Crippen LogP contribution in [0.5, 0.6) is 0 Å². The molecule has 21 heavy (non-hydrogen) atoms. The van der Waals surface area contributed by atoms with Crippen molar-refractivity contribution in [3.8, 4) is 0 Å². The highest BCUT2D eigenvalue weighted by atomic mass is 31.2. The number of rotatable bonds is 7. The normalized spacial score (nSPS) is 14.4. The predicted molar refractivity (Wildman–Crippen MR) is 74.8 cm³/mol. The summed E-state index contributed by atoms with van der Waals surface area (Å²) >= 11 is 0. The van der Waals surface area contributed by atoms with Crippen LogP contribution in [0.4, 0.5) is 5.95 Å². The lowest BCUT2D eigenvalue weighted by Crippen LogP contribution is -2.13. The maximum Gasteiger partial charge on any atom is 0.330 e. The van der Waals surface area contributed by atoms with Crippen molar-refractivity contribution in [3.63, 3.8) is 0 Å². The lowest BCUT2D eigenvalue weighted by atomic mass is 10.5. The molecule has 10 nitrogen and oxygen atoms in total. The average molecular weight is 317 g/mol. The van der Waals surface area contributed by atoms with Gasteiger partial charge in [-0.25, -0.2) is 4.98 Å². The first-order valence-corrected chi connectivity index (χ1v) is 7.94. The molecule has 0 aromatic carbocycles. The Labute approximate surface area is 119 Å². The van der Waals surface area contributed by atoms with Gasteiger partial charge in [0.25, 0.3) is 5.56 Å². The molecule has 0 amide bonds. The van der Waals surface area contributed by atoms with E-state index < -0.39 is 13.2 Å². The van der Waals surface area contributed by atoms with Gasteiger partial charge >= 0.3 is 7.60 Å². The summed E-state index contributed by atoms with van der Waals surface area (Å²) in [6, 6.07) is 0. The molecule has 11 heteroatoms. The second kappa shape index (κ2) is 6.35. The van der Waals surface area contributed by atoms with Crippen molar-refractivity contribution in [2.45, 2.75) is 13.7 Å². The van der Waals surface area contributed by atoms with Crippen molar-refractivity contribution < 1.29 is 18.7 Å². The topological polar surface area (TPSA) is 145 Å². The first-order chi connectivity index (χ1) is 9.93. The van der Waals surface area contributed by atoms with E-state index in [9.17, 15) is 14.3 Å². The number of anilines is 1.